The van der Waals surface area contributed by atoms with Gasteiger partial charge in [-0.3, -0.25) is 0 Å². The average molecular weight is 285 g/mol. The van der Waals surface area contributed by atoms with E-state index in [1.54, 1.807) is 30.3 Å². The van der Waals surface area contributed by atoms with Gasteiger partial charge < -0.3 is 10.5 Å². The molecular formula is C14H11F4NO. The van der Waals surface area contributed by atoms with Crippen LogP contribution in [-0.2, 0) is 0 Å². The molecule has 6 heteroatoms. The minimum Gasteiger partial charge on any atom is -0.406 e. The first-order valence-corrected chi connectivity index (χ1v) is 5.72. The molecule has 2 nitrogen and oxygen atoms in total. The number of nitrogens with two attached hydrogens (primary N) is 1. The third kappa shape index (κ3) is 3.48. The summed E-state index contributed by atoms with van der Waals surface area (Å²) in [5.74, 6) is -1.18. The molecule has 0 aromatic heterocycles. The zero-order valence-corrected chi connectivity index (χ0v) is 10.2. The van der Waals surface area contributed by atoms with Crippen LogP contribution in [-0.4, -0.2) is 6.36 Å². The summed E-state index contributed by atoms with van der Waals surface area (Å²) in [6.07, 6.45) is -4.83. The third-order valence-corrected chi connectivity index (χ3v) is 2.69. The summed E-state index contributed by atoms with van der Waals surface area (Å²) in [5.41, 5.74) is 6.41. The number of alkyl halides is 3. The molecule has 0 heterocycles. The van der Waals surface area contributed by atoms with Crippen LogP contribution in [0.3, 0.4) is 0 Å². The second-order valence-electron chi connectivity index (χ2n) is 4.12. The zero-order chi connectivity index (χ0) is 14.8. The summed E-state index contributed by atoms with van der Waals surface area (Å²) >= 11 is 0. The van der Waals surface area contributed by atoms with Gasteiger partial charge in [0.05, 0.1) is 6.04 Å². The summed E-state index contributed by atoms with van der Waals surface area (Å²) in [5, 5.41) is 0. The van der Waals surface area contributed by atoms with Crippen LogP contribution in [0, 0.1) is 5.82 Å². The van der Waals surface area contributed by atoms with Crippen LogP contribution in [0.2, 0.25) is 0 Å². The highest BCUT2D eigenvalue weighted by atomic mass is 19.4. The van der Waals surface area contributed by atoms with Gasteiger partial charge in [0, 0.05) is 5.56 Å². The number of hydrogen-bond donors (Lipinski definition) is 1. The lowest BCUT2D eigenvalue weighted by Gasteiger charge is -2.15. The van der Waals surface area contributed by atoms with Crippen molar-refractivity contribution >= 4 is 0 Å². The van der Waals surface area contributed by atoms with Crippen molar-refractivity contribution < 1.29 is 22.3 Å². The van der Waals surface area contributed by atoms with E-state index in [1.807, 2.05) is 0 Å². The van der Waals surface area contributed by atoms with E-state index in [2.05, 4.69) is 4.74 Å². The summed E-state index contributed by atoms with van der Waals surface area (Å²) in [7, 11) is 0. The summed E-state index contributed by atoms with van der Waals surface area (Å²) in [6.45, 7) is 0. The third-order valence-electron chi connectivity index (χ3n) is 2.69. The molecule has 0 saturated carbocycles. The summed E-state index contributed by atoms with van der Waals surface area (Å²) in [6, 6.07) is 10.4. The lowest BCUT2D eigenvalue weighted by molar-refractivity contribution is -0.274. The standard InChI is InChI=1S/C14H11F4NO/c15-12-7-6-10(20-14(16,17)18)8-11(12)13(19)9-4-2-1-3-5-9/h1-8,13H,19H2. The second-order valence-corrected chi connectivity index (χ2v) is 4.12. The maximum atomic E-state index is 13.7. The lowest BCUT2D eigenvalue weighted by Crippen LogP contribution is -2.18. The molecule has 0 radical (unpaired) electrons. The summed E-state index contributed by atoms with van der Waals surface area (Å²) in [4.78, 5) is 0. The Balaban J connectivity index is 2.34. The van der Waals surface area contributed by atoms with Crippen molar-refractivity contribution in [1.29, 1.82) is 0 Å². The molecule has 0 saturated heterocycles. The van der Waals surface area contributed by atoms with Crippen molar-refractivity contribution in [2.75, 3.05) is 0 Å². The van der Waals surface area contributed by atoms with Gasteiger partial charge in [0.15, 0.2) is 0 Å². The molecule has 2 aromatic carbocycles. The minimum absolute atomic E-state index is 0.0575. The Labute approximate surface area is 112 Å². The fourth-order valence-corrected chi connectivity index (χ4v) is 1.80. The molecule has 0 aliphatic carbocycles. The van der Waals surface area contributed by atoms with E-state index in [0.29, 0.717) is 5.56 Å². The van der Waals surface area contributed by atoms with E-state index in [0.717, 1.165) is 18.2 Å². The van der Waals surface area contributed by atoms with Crippen LogP contribution in [0.4, 0.5) is 17.6 Å². The van der Waals surface area contributed by atoms with Crippen LogP contribution in [0.25, 0.3) is 0 Å². The van der Waals surface area contributed by atoms with Crippen LogP contribution in [0.15, 0.2) is 48.5 Å². The van der Waals surface area contributed by atoms with Crippen molar-refractivity contribution in [2.45, 2.75) is 12.4 Å². The molecule has 0 aliphatic rings. The normalized spacial score (nSPS) is 13.1. The molecule has 0 amide bonds. The van der Waals surface area contributed by atoms with Gasteiger partial charge in [-0.15, -0.1) is 13.2 Å². The number of ether oxygens (including phenoxy) is 1. The first-order chi connectivity index (χ1) is 9.37. The zero-order valence-electron chi connectivity index (χ0n) is 10.2. The number of hydrogen-bond acceptors (Lipinski definition) is 2. The van der Waals surface area contributed by atoms with E-state index in [-0.39, 0.29) is 5.56 Å². The SMILES string of the molecule is NC(c1ccccc1)c1cc(OC(F)(F)F)ccc1F. The molecular weight excluding hydrogens is 274 g/mol. The Hall–Kier alpha value is -2.08. The fourth-order valence-electron chi connectivity index (χ4n) is 1.80. The summed E-state index contributed by atoms with van der Waals surface area (Å²) < 4.78 is 53.9. The molecule has 2 aromatic rings. The van der Waals surface area contributed by atoms with Crippen molar-refractivity contribution in [1.82, 2.24) is 0 Å². The molecule has 0 fully saturated rings. The van der Waals surface area contributed by atoms with E-state index < -0.39 is 24.0 Å². The van der Waals surface area contributed by atoms with Gasteiger partial charge in [-0.25, -0.2) is 4.39 Å². The molecule has 0 aliphatic heterocycles. The quantitative estimate of drug-likeness (QED) is 0.871. The van der Waals surface area contributed by atoms with E-state index in [9.17, 15) is 17.6 Å². The number of benzene rings is 2. The molecule has 2 N–H and O–H groups in total. The van der Waals surface area contributed by atoms with Gasteiger partial charge >= 0.3 is 6.36 Å². The van der Waals surface area contributed by atoms with Gasteiger partial charge in [0.1, 0.15) is 11.6 Å². The Morgan fingerprint density at radius 1 is 1.00 bits per heavy atom. The number of halogens is 4. The van der Waals surface area contributed by atoms with E-state index >= 15 is 0 Å². The van der Waals surface area contributed by atoms with Crippen LogP contribution < -0.4 is 10.5 Å². The molecule has 0 spiro atoms. The van der Waals surface area contributed by atoms with Crippen molar-refractivity contribution in [3.8, 4) is 5.75 Å². The van der Waals surface area contributed by atoms with Crippen molar-refractivity contribution in [3.05, 3.63) is 65.5 Å². The monoisotopic (exact) mass is 285 g/mol. The largest absolute Gasteiger partial charge is 0.573 e. The maximum Gasteiger partial charge on any atom is 0.573 e. The first kappa shape index (κ1) is 14.3. The van der Waals surface area contributed by atoms with Crippen LogP contribution in [0.5, 0.6) is 5.75 Å². The Morgan fingerprint density at radius 3 is 2.25 bits per heavy atom. The van der Waals surface area contributed by atoms with Gasteiger partial charge in [-0.05, 0) is 23.8 Å². The Morgan fingerprint density at radius 2 is 1.65 bits per heavy atom. The lowest BCUT2D eigenvalue weighted by atomic mass is 9.99. The molecule has 1 unspecified atom stereocenters. The molecule has 2 rings (SSSR count). The molecule has 1 atom stereocenters. The van der Waals surface area contributed by atoms with Gasteiger partial charge in [0.2, 0.25) is 0 Å². The molecule has 106 valence electrons. The van der Waals surface area contributed by atoms with Gasteiger partial charge in [-0.2, -0.15) is 0 Å². The molecule has 0 bridgehead atoms. The molecule has 20 heavy (non-hydrogen) atoms. The average Bonchev–Trinajstić information content (AvgIpc) is 2.40. The number of rotatable bonds is 3. The highest BCUT2D eigenvalue weighted by molar-refractivity contribution is 5.37. The van der Waals surface area contributed by atoms with E-state index in [1.165, 1.54) is 0 Å². The minimum atomic E-state index is -4.83. The van der Waals surface area contributed by atoms with Crippen LogP contribution >= 0.6 is 0 Å². The first-order valence-electron chi connectivity index (χ1n) is 5.72. The van der Waals surface area contributed by atoms with Gasteiger partial charge in [0.25, 0.3) is 0 Å². The second kappa shape index (κ2) is 5.50. The Kier molecular flexibility index (Phi) is 3.94. The predicted octanol–water partition coefficient (Wildman–Crippen LogP) is 3.77. The highest BCUT2D eigenvalue weighted by Gasteiger charge is 2.31. The van der Waals surface area contributed by atoms with Crippen molar-refractivity contribution in [2.24, 2.45) is 5.73 Å². The maximum absolute atomic E-state index is 13.7. The van der Waals surface area contributed by atoms with E-state index in [4.69, 9.17) is 5.73 Å². The predicted molar refractivity (Wildman–Crippen MR) is 65.6 cm³/mol. The fraction of sp³-hybridized carbons (Fsp3) is 0.143. The smallest absolute Gasteiger partial charge is 0.406 e. The van der Waals surface area contributed by atoms with Gasteiger partial charge in [-0.1, -0.05) is 30.3 Å². The van der Waals surface area contributed by atoms with Crippen molar-refractivity contribution in [3.63, 3.8) is 0 Å². The Bertz CT molecular complexity index is 583. The highest BCUT2D eigenvalue weighted by Crippen LogP contribution is 2.29. The topological polar surface area (TPSA) is 35.2 Å². The van der Waals surface area contributed by atoms with Crippen LogP contribution in [0.1, 0.15) is 17.2 Å².